The van der Waals surface area contributed by atoms with Gasteiger partial charge in [0.25, 0.3) is 5.91 Å². The van der Waals surface area contributed by atoms with Crippen molar-refractivity contribution in [1.29, 1.82) is 0 Å². The summed E-state index contributed by atoms with van der Waals surface area (Å²) in [6, 6.07) is 3.60. The summed E-state index contributed by atoms with van der Waals surface area (Å²) >= 11 is 3.34. The highest BCUT2D eigenvalue weighted by molar-refractivity contribution is 9.10. The molecule has 1 aromatic heterocycles. The second kappa shape index (κ2) is 7.60. The third-order valence-electron chi connectivity index (χ3n) is 2.68. The molecule has 1 heterocycles. The van der Waals surface area contributed by atoms with E-state index in [0.717, 1.165) is 19.6 Å². The monoisotopic (exact) mass is 327 g/mol. The molecule has 1 amide bonds. The lowest BCUT2D eigenvalue weighted by molar-refractivity contribution is 0.0723. The Kier molecular flexibility index (Phi) is 6.45. The van der Waals surface area contributed by atoms with Gasteiger partial charge in [-0.05, 0) is 48.1 Å². The van der Waals surface area contributed by atoms with Crippen molar-refractivity contribution in [2.75, 3.05) is 33.7 Å². The molecule has 0 aromatic carbocycles. The average Bonchev–Trinajstić information content (AvgIpc) is 2.33. The van der Waals surface area contributed by atoms with E-state index in [1.54, 1.807) is 12.3 Å². The summed E-state index contributed by atoms with van der Waals surface area (Å²) < 4.78 is 0.610. The number of carbonyl (C=O) groups excluding carboxylic acids is 1. The zero-order valence-electron chi connectivity index (χ0n) is 12.1. The SMILES string of the molecule is CC(C)CN(CCN(C)C)C(=O)c1cccnc1Br. The van der Waals surface area contributed by atoms with E-state index < -0.39 is 0 Å². The molecule has 0 spiro atoms. The lowest BCUT2D eigenvalue weighted by Crippen LogP contribution is -2.39. The summed E-state index contributed by atoms with van der Waals surface area (Å²) in [5.41, 5.74) is 0.627. The summed E-state index contributed by atoms with van der Waals surface area (Å²) in [4.78, 5) is 20.6. The van der Waals surface area contributed by atoms with Crippen molar-refractivity contribution < 1.29 is 4.79 Å². The smallest absolute Gasteiger partial charge is 0.256 e. The van der Waals surface area contributed by atoms with Crippen LogP contribution in [0.1, 0.15) is 24.2 Å². The van der Waals surface area contributed by atoms with Crippen molar-refractivity contribution in [3.63, 3.8) is 0 Å². The fourth-order valence-electron chi connectivity index (χ4n) is 1.75. The molecule has 0 N–H and O–H groups in total. The lowest BCUT2D eigenvalue weighted by atomic mass is 10.1. The highest BCUT2D eigenvalue weighted by Gasteiger charge is 2.19. The first kappa shape index (κ1) is 16.1. The fourth-order valence-corrected chi connectivity index (χ4v) is 2.17. The van der Waals surface area contributed by atoms with E-state index in [2.05, 4.69) is 39.7 Å². The Morgan fingerprint density at radius 1 is 1.37 bits per heavy atom. The van der Waals surface area contributed by atoms with Crippen LogP contribution >= 0.6 is 15.9 Å². The number of amides is 1. The maximum Gasteiger partial charge on any atom is 0.256 e. The number of aromatic nitrogens is 1. The van der Waals surface area contributed by atoms with E-state index in [0.29, 0.717) is 16.1 Å². The summed E-state index contributed by atoms with van der Waals surface area (Å²) in [7, 11) is 4.02. The molecule has 0 saturated heterocycles. The van der Waals surface area contributed by atoms with E-state index >= 15 is 0 Å². The molecule has 4 nitrogen and oxygen atoms in total. The molecular weight excluding hydrogens is 306 g/mol. The zero-order chi connectivity index (χ0) is 14.4. The first-order valence-corrected chi connectivity index (χ1v) is 7.25. The van der Waals surface area contributed by atoms with E-state index in [-0.39, 0.29) is 5.91 Å². The van der Waals surface area contributed by atoms with Gasteiger partial charge in [0, 0.05) is 25.8 Å². The van der Waals surface area contributed by atoms with E-state index in [1.807, 2.05) is 25.1 Å². The summed E-state index contributed by atoms with van der Waals surface area (Å²) in [5, 5.41) is 0. The van der Waals surface area contributed by atoms with E-state index in [9.17, 15) is 4.79 Å². The summed E-state index contributed by atoms with van der Waals surface area (Å²) in [5.74, 6) is 0.483. The Bertz CT molecular complexity index is 421. The van der Waals surface area contributed by atoms with Crippen LogP contribution in [0.5, 0.6) is 0 Å². The van der Waals surface area contributed by atoms with Crippen LogP contribution in [-0.4, -0.2) is 54.4 Å². The molecule has 0 aliphatic carbocycles. The minimum absolute atomic E-state index is 0.0375. The van der Waals surface area contributed by atoms with Crippen LogP contribution in [0, 0.1) is 5.92 Å². The molecule has 0 aliphatic heterocycles. The number of pyridine rings is 1. The van der Waals surface area contributed by atoms with Gasteiger partial charge in [-0.15, -0.1) is 0 Å². The van der Waals surface area contributed by atoms with Crippen molar-refractivity contribution in [3.05, 3.63) is 28.5 Å². The van der Waals surface area contributed by atoms with Gasteiger partial charge >= 0.3 is 0 Å². The molecule has 0 aliphatic rings. The minimum Gasteiger partial charge on any atom is -0.337 e. The van der Waals surface area contributed by atoms with Crippen LogP contribution < -0.4 is 0 Å². The largest absolute Gasteiger partial charge is 0.337 e. The Morgan fingerprint density at radius 3 is 2.58 bits per heavy atom. The van der Waals surface area contributed by atoms with Crippen LogP contribution in [0.4, 0.5) is 0 Å². The van der Waals surface area contributed by atoms with Gasteiger partial charge in [-0.2, -0.15) is 0 Å². The standard InChI is InChI=1S/C14H22BrN3O/c1-11(2)10-18(9-8-17(3)4)14(19)12-6-5-7-16-13(12)15/h5-7,11H,8-10H2,1-4H3. The zero-order valence-corrected chi connectivity index (χ0v) is 13.6. The van der Waals surface area contributed by atoms with Gasteiger partial charge in [0.1, 0.15) is 4.60 Å². The second-order valence-electron chi connectivity index (χ2n) is 5.29. The Balaban J connectivity index is 2.84. The average molecular weight is 328 g/mol. The summed E-state index contributed by atoms with van der Waals surface area (Å²) in [6.45, 7) is 6.58. The molecule has 0 bridgehead atoms. The van der Waals surface area contributed by atoms with Crippen molar-refractivity contribution in [3.8, 4) is 0 Å². The number of hydrogen-bond acceptors (Lipinski definition) is 3. The first-order valence-electron chi connectivity index (χ1n) is 6.46. The molecular formula is C14H22BrN3O. The number of likely N-dealkylation sites (N-methyl/N-ethyl adjacent to an activating group) is 1. The maximum atomic E-state index is 12.6. The van der Waals surface area contributed by atoms with E-state index in [1.165, 1.54) is 0 Å². The molecule has 1 aromatic rings. The van der Waals surface area contributed by atoms with Gasteiger partial charge in [-0.3, -0.25) is 4.79 Å². The van der Waals surface area contributed by atoms with Crippen LogP contribution in [0.25, 0.3) is 0 Å². The molecule has 0 radical (unpaired) electrons. The van der Waals surface area contributed by atoms with Crippen LogP contribution in [0.15, 0.2) is 22.9 Å². The highest BCUT2D eigenvalue weighted by atomic mass is 79.9. The minimum atomic E-state index is 0.0375. The molecule has 0 atom stereocenters. The normalized spacial score (nSPS) is 11.1. The van der Waals surface area contributed by atoms with Crippen molar-refractivity contribution in [2.24, 2.45) is 5.92 Å². The van der Waals surface area contributed by atoms with E-state index in [4.69, 9.17) is 0 Å². The predicted octanol–water partition coefficient (Wildman–Crippen LogP) is 2.50. The Morgan fingerprint density at radius 2 is 2.05 bits per heavy atom. The van der Waals surface area contributed by atoms with Crippen LogP contribution in [0.3, 0.4) is 0 Å². The predicted molar refractivity (Wildman–Crippen MR) is 81.2 cm³/mol. The van der Waals surface area contributed by atoms with Gasteiger partial charge in [-0.1, -0.05) is 13.8 Å². The van der Waals surface area contributed by atoms with Gasteiger partial charge in [0.2, 0.25) is 0 Å². The number of carbonyl (C=O) groups is 1. The maximum absolute atomic E-state index is 12.6. The van der Waals surface area contributed by atoms with Crippen molar-refractivity contribution in [1.82, 2.24) is 14.8 Å². The third kappa shape index (κ3) is 5.28. The quantitative estimate of drug-likeness (QED) is 0.753. The molecule has 106 valence electrons. The summed E-state index contributed by atoms with van der Waals surface area (Å²) in [6.07, 6.45) is 1.67. The van der Waals surface area contributed by atoms with Gasteiger partial charge in [-0.25, -0.2) is 4.98 Å². The van der Waals surface area contributed by atoms with Crippen LogP contribution in [0.2, 0.25) is 0 Å². The third-order valence-corrected chi connectivity index (χ3v) is 3.31. The highest BCUT2D eigenvalue weighted by Crippen LogP contribution is 2.16. The topological polar surface area (TPSA) is 36.4 Å². The van der Waals surface area contributed by atoms with Gasteiger partial charge in [0.05, 0.1) is 5.56 Å². The first-order chi connectivity index (χ1) is 8.91. The number of rotatable bonds is 6. The van der Waals surface area contributed by atoms with Crippen molar-refractivity contribution >= 4 is 21.8 Å². The van der Waals surface area contributed by atoms with Crippen molar-refractivity contribution in [2.45, 2.75) is 13.8 Å². The number of hydrogen-bond donors (Lipinski definition) is 0. The molecule has 0 unspecified atom stereocenters. The Hall–Kier alpha value is -0.940. The van der Waals surface area contributed by atoms with Gasteiger partial charge in [0.15, 0.2) is 0 Å². The molecule has 1 rings (SSSR count). The number of halogens is 1. The molecule has 0 saturated carbocycles. The Labute approximate surface area is 123 Å². The second-order valence-corrected chi connectivity index (χ2v) is 6.04. The lowest BCUT2D eigenvalue weighted by Gasteiger charge is -2.26. The fraction of sp³-hybridized carbons (Fsp3) is 0.571. The molecule has 0 fully saturated rings. The van der Waals surface area contributed by atoms with Gasteiger partial charge < -0.3 is 9.80 Å². The molecule has 5 heteroatoms. The number of nitrogens with zero attached hydrogens (tertiary/aromatic N) is 3. The van der Waals surface area contributed by atoms with Crippen LogP contribution in [-0.2, 0) is 0 Å². The molecule has 19 heavy (non-hydrogen) atoms.